The normalized spacial score (nSPS) is 18.6. The van der Waals surface area contributed by atoms with Crippen LogP contribution in [0.25, 0.3) is 0 Å². The van der Waals surface area contributed by atoms with Crippen LogP contribution in [-0.4, -0.2) is 44.1 Å². The molecule has 1 fully saturated rings. The van der Waals surface area contributed by atoms with Crippen LogP contribution in [0.2, 0.25) is 5.02 Å². The summed E-state index contributed by atoms with van der Waals surface area (Å²) in [5.41, 5.74) is -0.0304. The Hall–Kier alpha value is -1.31. The van der Waals surface area contributed by atoms with Gasteiger partial charge in [-0.05, 0) is 51.7 Å². The number of piperidine rings is 1. The number of likely N-dealkylation sites (tertiary alicyclic amines) is 1. The zero-order valence-electron chi connectivity index (χ0n) is 15.5. The zero-order valence-corrected chi connectivity index (χ0v) is 17.1. The Balaban J connectivity index is 1.99. The molecule has 146 valence electrons. The van der Waals surface area contributed by atoms with Gasteiger partial charge in [-0.15, -0.1) is 0 Å². The minimum atomic E-state index is -3.55. The molecule has 1 aromatic rings. The number of amides is 1. The monoisotopic (exact) mass is 402 g/mol. The van der Waals surface area contributed by atoms with E-state index in [0.29, 0.717) is 17.1 Å². The molecule has 1 aliphatic rings. The Bertz CT molecular complexity index is 731. The van der Waals surface area contributed by atoms with E-state index < -0.39 is 21.7 Å². The number of hydrogen-bond acceptors (Lipinski definition) is 4. The second-order valence-corrected chi connectivity index (χ2v) is 9.74. The number of carbonyl (C=O) groups is 1. The van der Waals surface area contributed by atoms with E-state index in [1.54, 1.807) is 29.2 Å². The number of benzene rings is 1. The minimum Gasteiger partial charge on any atom is -0.444 e. The minimum absolute atomic E-state index is 0.173. The standard InChI is InChI=1S/C18H27ClN2O4S/c1-18(2,3)25-17(22)21-11-7-6-9-15(21)12-20-26(23,24)13-14-8-4-5-10-16(14)19/h4-5,8,10,15,20H,6-7,9,11-13H2,1-3H3/t15-/m1/s1. The number of rotatable bonds is 5. The second kappa shape index (κ2) is 8.59. The van der Waals surface area contributed by atoms with E-state index in [9.17, 15) is 13.2 Å². The van der Waals surface area contributed by atoms with Crippen molar-refractivity contribution in [2.24, 2.45) is 0 Å². The molecule has 0 spiro atoms. The molecule has 0 bridgehead atoms. The first-order valence-corrected chi connectivity index (χ1v) is 10.8. The summed E-state index contributed by atoms with van der Waals surface area (Å²) in [6.07, 6.45) is 2.19. The van der Waals surface area contributed by atoms with Gasteiger partial charge in [0.05, 0.1) is 5.75 Å². The molecule has 1 N–H and O–H groups in total. The molecule has 0 saturated carbocycles. The molecule has 26 heavy (non-hydrogen) atoms. The fraction of sp³-hybridized carbons (Fsp3) is 0.611. The quantitative estimate of drug-likeness (QED) is 0.817. The molecule has 0 aliphatic carbocycles. The van der Waals surface area contributed by atoms with Crippen LogP contribution in [0.15, 0.2) is 24.3 Å². The number of ether oxygens (including phenoxy) is 1. The van der Waals surface area contributed by atoms with Crippen LogP contribution >= 0.6 is 11.6 Å². The molecule has 2 rings (SSSR count). The van der Waals surface area contributed by atoms with Gasteiger partial charge in [0.1, 0.15) is 5.60 Å². The van der Waals surface area contributed by atoms with Gasteiger partial charge >= 0.3 is 6.09 Å². The Kier molecular flexibility index (Phi) is 6.93. The number of halogens is 1. The van der Waals surface area contributed by atoms with Crippen LogP contribution in [-0.2, 0) is 20.5 Å². The van der Waals surface area contributed by atoms with Crippen molar-refractivity contribution in [3.8, 4) is 0 Å². The van der Waals surface area contributed by atoms with Crippen molar-refractivity contribution in [1.29, 1.82) is 0 Å². The van der Waals surface area contributed by atoms with Gasteiger partial charge in [-0.1, -0.05) is 29.8 Å². The lowest BCUT2D eigenvalue weighted by Crippen LogP contribution is -2.50. The fourth-order valence-corrected chi connectivity index (χ4v) is 4.36. The van der Waals surface area contributed by atoms with E-state index in [-0.39, 0.29) is 18.3 Å². The van der Waals surface area contributed by atoms with Gasteiger partial charge in [0.2, 0.25) is 10.0 Å². The summed E-state index contributed by atoms with van der Waals surface area (Å²) in [7, 11) is -3.55. The molecular weight excluding hydrogens is 376 g/mol. The van der Waals surface area contributed by atoms with Crippen LogP contribution in [0.1, 0.15) is 45.6 Å². The average Bonchev–Trinajstić information content (AvgIpc) is 2.54. The van der Waals surface area contributed by atoms with Crippen LogP contribution in [0.3, 0.4) is 0 Å². The molecule has 0 radical (unpaired) electrons. The van der Waals surface area contributed by atoms with Crippen molar-refractivity contribution >= 4 is 27.7 Å². The average molecular weight is 403 g/mol. The molecule has 8 heteroatoms. The van der Waals surface area contributed by atoms with Crippen LogP contribution < -0.4 is 4.72 Å². The lowest BCUT2D eigenvalue weighted by atomic mass is 10.0. The Morgan fingerprint density at radius 1 is 1.31 bits per heavy atom. The summed E-state index contributed by atoms with van der Waals surface area (Å²) in [5, 5.41) is 0.422. The second-order valence-electron chi connectivity index (χ2n) is 7.52. The highest BCUT2D eigenvalue weighted by Gasteiger charge is 2.31. The number of carbonyl (C=O) groups excluding carboxylic acids is 1. The van der Waals surface area contributed by atoms with Gasteiger partial charge in [0.15, 0.2) is 0 Å². The van der Waals surface area contributed by atoms with E-state index in [4.69, 9.17) is 16.3 Å². The predicted molar refractivity (Wildman–Crippen MR) is 103 cm³/mol. The highest BCUT2D eigenvalue weighted by Crippen LogP contribution is 2.21. The third kappa shape index (κ3) is 6.45. The maximum atomic E-state index is 12.4. The lowest BCUT2D eigenvalue weighted by molar-refractivity contribution is 0.0105. The van der Waals surface area contributed by atoms with Gasteiger partial charge in [-0.25, -0.2) is 17.9 Å². The summed E-state index contributed by atoms with van der Waals surface area (Å²) in [6, 6.07) is 6.65. The molecule has 1 amide bonds. The molecule has 1 aliphatic heterocycles. The first-order valence-electron chi connectivity index (χ1n) is 8.78. The Morgan fingerprint density at radius 3 is 2.65 bits per heavy atom. The first kappa shape index (κ1) is 21.0. The number of nitrogens with zero attached hydrogens (tertiary/aromatic N) is 1. The predicted octanol–water partition coefficient (Wildman–Crippen LogP) is 3.55. The van der Waals surface area contributed by atoms with Crippen molar-refractivity contribution < 1.29 is 17.9 Å². The van der Waals surface area contributed by atoms with Crippen LogP contribution in [0.5, 0.6) is 0 Å². The summed E-state index contributed by atoms with van der Waals surface area (Å²) in [6.45, 7) is 6.19. The molecule has 1 saturated heterocycles. The van der Waals surface area contributed by atoms with E-state index >= 15 is 0 Å². The van der Waals surface area contributed by atoms with Crippen LogP contribution in [0.4, 0.5) is 4.79 Å². The SMILES string of the molecule is CC(C)(C)OC(=O)N1CCCC[C@@H]1CNS(=O)(=O)Cc1ccccc1Cl. The first-order chi connectivity index (χ1) is 12.1. The van der Waals surface area contributed by atoms with Gasteiger partial charge in [0, 0.05) is 24.2 Å². The molecule has 0 unspecified atom stereocenters. The number of nitrogens with one attached hydrogen (secondary N) is 1. The molecule has 1 atom stereocenters. The number of hydrogen-bond donors (Lipinski definition) is 1. The van der Waals surface area contributed by atoms with Crippen molar-refractivity contribution in [1.82, 2.24) is 9.62 Å². The maximum Gasteiger partial charge on any atom is 0.410 e. The lowest BCUT2D eigenvalue weighted by Gasteiger charge is -2.36. The molecule has 1 aromatic carbocycles. The molecule has 1 heterocycles. The van der Waals surface area contributed by atoms with E-state index in [0.717, 1.165) is 19.3 Å². The third-order valence-corrected chi connectivity index (χ3v) is 5.76. The van der Waals surface area contributed by atoms with Gasteiger partial charge in [0.25, 0.3) is 0 Å². The van der Waals surface area contributed by atoms with Crippen molar-refractivity contribution in [2.45, 2.75) is 57.4 Å². The topological polar surface area (TPSA) is 75.7 Å². The third-order valence-electron chi connectivity index (χ3n) is 4.10. The molecule has 6 nitrogen and oxygen atoms in total. The van der Waals surface area contributed by atoms with Crippen molar-refractivity contribution in [2.75, 3.05) is 13.1 Å². The summed E-state index contributed by atoms with van der Waals surface area (Å²) < 4.78 is 32.9. The maximum absolute atomic E-state index is 12.4. The van der Waals surface area contributed by atoms with E-state index in [2.05, 4.69) is 4.72 Å². The van der Waals surface area contributed by atoms with E-state index in [1.807, 2.05) is 20.8 Å². The Morgan fingerprint density at radius 2 is 2.00 bits per heavy atom. The largest absolute Gasteiger partial charge is 0.444 e. The van der Waals surface area contributed by atoms with Crippen molar-refractivity contribution in [3.63, 3.8) is 0 Å². The van der Waals surface area contributed by atoms with Crippen LogP contribution in [0, 0.1) is 0 Å². The van der Waals surface area contributed by atoms with Gasteiger partial charge in [-0.2, -0.15) is 0 Å². The van der Waals surface area contributed by atoms with E-state index in [1.165, 1.54) is 0 Å². The van der Waals surface area contributed by atoms with Gasteiger partial charge in [-0.3, -0.25) is 0 Å². The summed E-state index contributed by atoms with van der Waals surface area (Å²) in [4.78, 5) is 14.0. The highest BCUT2D eigenvalue weighted by atomic mass is 35.5. The summed E-state index contributed by atoms with van der Waals surface area (Å²) >= 11 is 6.04. The summed E-state index contributed by atoms with van der Waals surface area (Å²) in [5.74, 6) is -0.189. The molecule has 0 aromatic heterocycles. The number of sulfonamides is 1. The smallest absolute Gasteiger partial charge is 0.410 e. The Labute approximate surface area is 160 Å². The molecular formula is C18H27ClN2O4S. The fourth-order valence-electron chi connectivity index (χ4n) is 2.87. The highest BCUT2D eigenvalue weighted by molar-refractivity contribution is 7.88. The zero-order chi connectivity index (χ0) is 19.4. The van der Waals surface area contributed by atoms with Crippen molar-refractivity contribution in [3.05, 3.63) is 34.9 Å². The van der Waals surface area contributed by atoms with Gasteiger partial charge < -0.3 is 9.64 Å².